The van der Waals surface area contributed by atoms with Crippen LogP contribution in [0.25, 0.3) is 0 Å². The molecule has 146 valence electrons. The number of imide groups is 1. The third-order valence-electron chi connectivity index (χ3n) is 5.44. The zero-order valence-corrected chi connectivity index (χ0v) is 16.1. The topological polar surface area (TPSA) is 76.1 Å². The maximum atomic E-state index is 12.3. The first-order valence-electron chi connectivity index (χ1n) is 9.95. The molecule has 2 heterocycles. The first-order chi connectivity index (χ1) is 13.0. The summed E-state index contributed by atoms with van der Waals surface area (Å²) in [6.07, 6.45) is 3.53. The number of carbonyl (C=O) groups excluding carboxylic acids is 2. The van der Waals surface area contributed by atoms with Gasteiger partial charge < -0.3 is 14.6 Å². The third kappa shape index (κ3) is 4.26. The molecule has 1 N–H and O–H groups in total. The summed E-state index contributed by atoms with van der Waals surface area (Å²) in [5.41, 5.74) is 1.01. The molecule has 3 rings (SSSR count). The number of aliphatic hydroxyl groups is 1. The van der Waals surface area contributed by atoms with Crippen LogP contribution in [0.3, 0.4) is 0 Å². The second kappa shape index (κ2) is 9.00. The molecule has 0 bridgehead atoms. The molecule has 6 nitrogen and oxygen atoms in total. The van der Waals surface area contributed by atoms with Crippen LogP contribution in [0.2, 0.25) is 0 Å². The standard InChI is InChI=1S/C20H28BNO5/c1-2-15-17(16(23)18(21)27-15)26-12-8-4-3-7-11-22-19(24)13-9-5-6-10-14(13)20(22)25/h5-6,9-10,15-18,23H,2-4,7-8,11-12,21H2,1H3/t15-,16?,17+,18-/m1/s1. The Balaban J connectivity index is 1.33. The zero-order valence-electron chi connectivity index (χ0n) is 16.1. The highest BCUT2D eigenvalue weighted by molar-refractivity contribution is 6.21. The predicted octanol–water partition coefficient (Wildman–Crippen LogP) is 1.36. The number of hydrogen-bond donors (Lipinski definition) is 1. The zero-order chi connectivity index (χ0) is 19.4. The predicted molar refractivity (Wildman–Crippen MR) is 104 cm³/mol. The minimum atomic E-state index is -0.566. The second-order valence-electron chi connectivity index (χ2n) is 7.34. The van der Waals surface area contributed by atoms with Crippen molar-refractivity contribution in [2.24, 2.45) is 0 Å². The minimum absolute atomic E-state index is 0.0381. The molecule has 1 fully saturated rings. The van der Waals surface area contributed by atoms with Crippen LogP contribution in [0.4, 0.5) is 0 Å². The molecule has 1 aromatic carbocycles. The number of ether oxygens (including phenoxy) is 2. The lowest BCUT2D eigenvalue weighted by Crippen LogP contribution is -2.35. The Labute approximate surface area is 161 Å². The van der Waals surface area contributed by atoms with E-state index in [0.717, 1.165) is 32.1 Å². The maximum Gasteiger partial charge on any atom is 0.261 e. The van der Waals surface area contributed by atoms with Crippen LogP contribution < -0.4 is 0 Å². The summed E-state index contributed by atoms with van der Waals surface area (Å²) in [7, 11) is 1.87. The smallest absolute Gasteiger partial charge is 0.261 e. The summed E-state index contributed by atoms with van der Waals surface area (Å²) in [6, 6.07) is 6.80. The van der Waals surface area contributed by atoms with Crippen LogP contribution in [0.5, 0.6) is 0 Å². The molecule has 1 saturated heterocycles. The van der Waals surface area contributed by atoms with E-state index in [0.29, 0.717) is 24.3 Å². The van der Waals surface area contributed by atoms with Crippen molar-refractivity contribution in [3.8, 4) is 0 Å². The molecular weight excluding hydrogens is 345 g/mol. The van der Waals surface area contributed by atoms with E-state index < -0.39 is 6.10 Å². The van der Waals surface area contributed by atoms with Gasteiger partial charge in [-0.3, -0.25) is 14.5 Å². The molecule has 0 saturated carbocycles. The summed E-state index contributed by atoms with van der Waals surface area (Å²) in [6.45, 7) is 3.07. The van der Waals surface area contributed by atoms with Crippen LogP contribution in [0.1, 0.15) is 59.7 Å². The molecule has 1 aromatic rings. The fraction of sp³-hybridized carbons (Fsp3) is 0.600. The number of hydrogen-bond acceptors (Lipinski definition) is 5. The van der Waals surface area contributed by atoms with Crippen molar-refractivity contribution >= 4 is 19.7 Å². The minimum Gasteiger partial charge on any atom is -0.388 e. The number of nitrogens with zero attached hydrogens (tertiary/aromatic N) is 1. The largest absolute Gasteiger partial charge is 0.388 e. The molecule has 0 radical (unpaired) electrons. The van der Waals surface area contributed by atoms with Crippen molar-refractivity contribution in [1.29, 1.82) is 0 Å². The molecule has 2 amide bonds. The van der Waals surface area contributed by atoms with Gasteiger partial charge in [0, 0.05) is 13.2 Å². The summed E-state index contributed by atoms with van der Waals surface area (Å²) in [4.78, 5) is 25.9. The Bertz CT molecular complexity index is 647. The molecule has 2 aliphatic rings. The number of rotatable bonds is 9. The van der Waals surface area contributed by atoms with Gasteiger partial charge in [0.2, 0.25) is 0 Å². The van der Waals surface area contributed by atoms with E-state index in [1.807, 2.05) is 14.8 Å². The first kappa shape index (κ1) is 20.0. The number of carbonyl (C=O) groups is 2. The quantitative estimate of drug-likeness (QED) is 0.402. The van der Waals surface area contributed by atoms with Crippen molar-refractivity contribution in [2.75, 3.05) is 13.2 Å². The molecule has 0 aromatic heterocycles. The van der Waals surface area contributed by atoms with Gasteiger partial charge in [0.25, 0.3) is 11.8 Å². The van der Waals surface area contributed by atoms with Gasteiger partial charge in [-0.25, -0.2) is 0 Å². The van der Waals surface area contributed by atoms with Gasteiger partial charge in [-0.15, -0.1) is 0 Å². The Morgan fingerprint density at radius 3 is 2.37 bits per heavy atom. The van der Waals surface area contributed by atoms with E-state index in [9.17, 15) is 14.7 Å². The van der Waals surface area contributed by atoms with E-state index in [-0.39, 0.29) is 30.0 Å². The van der Waals surface area contributed by atoms with Crippen LogP contribution >= 0.6 is 0 Å². The highest BCUT2D eigenvalue weighted by Crippen LogP contribution is 2.25. The number of benzene rings is 1. The number of fused-ring (bicyclic) bond motifs is 1. The number of aliphatic hydroxyl groups excluding tert-OH is 1. The SMILES string of the molecule is B[C@@H]1O[C@H](CC)[C@H](OCCCCCCN2C(=O)c3ccccc3C2=O)C1O. The molecule has 2 aliphatic heterocycles. The van der Waals surface area contributed by atoms with Gasteiger partial charge in [0.15, 0.2) is 0 Å². The van der Waals surface area contributed by atoms with Crippen LogP contribution in [0, 0.1) is 0 Å². The molecule has 27 heavy (non-hydrogen) atoms. The molecule has 7 heteroatoms. The van der Waals surface area contributed by atoms with Crippen molar-refractivity contribution in [3.05, 3.63) is 35.4 Å². The Morgan fingerprint density at radius 1 is 1.11 bits per heavy atom. The van der Waals surface area contributed by atoms with Gasteiger partial charge in [-0.2, -0.15) is 0 Å². The lowest BCUT2D eigenvalue weighted by molar-refractivity contribution is -0.0393. The summed E-state index contributed by atoms with van der Waals surface area (Å²) in [5, 5.41) is 10.1. The third-order valence-corrected chi connectivity index (χ3v) is 5.44. The number of amides is 2. The highest BCUT2D eigenvalue weighted by Gasteiger charge is 2.40. The fourth-order valence-electron chi connectivity index (χ4n) is 3.84. The summed E-state index contributed by atoms with van der Waals surface area (Å²) >= 11 is 0. The molecule has 4 atom stereocenters. The van der Waals surface area contributed by atoms with Crippen molar-refractivity contribution < 1.29 is 24.2 Å². The normalized spacial score (nSPS) is 27.4. The Kier molecular flexibility index (Phi) is 6.68. The van der Waals surface area contributed by atoms with Gasteiger partial charge in [0.1, 0.15) is 20.1 Å². The molecular formula is C20H28BNO5. The van der Waals surface area contributed by atoms with Crippen molar-refractivity contribution in [3.63, 3.8) is 0 Å². The van der Waals surface area contributed by atoms with Gasteiger partial charge in [-0.1, -0.05) is 31.9 Å². The summed E-state index contributed by atoms with van der Waals surface area (Å²) in [5.74, 6) is -0.372. The van der Waals surface area contributed by atoms with E-state index in [1.165, 1.54) is 4.90 Å². The number of unbranched alkanes of at least 4 members (excludes halogenated alkanes) is 3. The van der Waals surface area contributed by atoms with Crippen molar-refractivity contribution in [2.45, 2.75) is 63.3 Å². The Morgan fingerprint density at radius 2 is 1.74 bits per heavy atom. The lowest BCUT2D eigenvalue weighted by atomic mass is 9.93. The average Bonchev–Trinajstić information content (AvgIpc) is 3.09. The van der Waals surface area contributed by atoms with Crippen molar-refractivity contribution in [1.82, 2.24) is 4.90 Å². The molecule has 1 unspecified atom stereocenters. The molecule has 0 aliphatic carbocycles. The first-order valence-corrected chi connectivity index (χ1v) is 9.95. The van der Waals surface area contributed by atoms with Crippen LogP contribution in [-0.2, 0) is 9.47 Å². The second-order valence-corrected chi connectivity index (χ2v) is 7.34. The van der Waals surface area contributed by atoms with Crippen LogP contribution in [-0.4, -0.2) is 67.1 Å². The highest BCUT2D eigenvalue weighted by atomic mass is 16.6. The molecule has 0 spiro atoms. The van der Waals surface area contributed by atoms with Crippen LogP contribution in [0.15, 0.2) is 24.3 Å². The van der Waals surface area contributed by atoms with Gasteiger partial charge in [-0.05, 0) is 31.4 Å². The van der Waals surface area contributed by atoms with E-state index >= 15 is 0 Å². The van der Waals surface area contributed by atoms with E-state index in [2.05, 4.69) is 0 Å². The summed E-state index contributed by atoms with van der Waals surface area (Å²) < 4.78 is 11.5. The lowest BCUT2D eigenvalue weighted by Gasteiger charge is -2.20. The van der Waals surface area contributed by atoms with E-state index in [1.54, 1.807) is 24.3 Å². The monoisotopic (exact) mass is 373 g/mol. The van der Waals surface area contributed by atoms with Gasteiger partial charge in [0.05, 0.1) is 23.2 Å². The van der Waals surface area contributed by atoms with Gasteiger partial charge >= 0.3 is 0 Å². The maximum absolute atomic E-state index is 12.3. The fourth-order valence-corrected chi connectivity index (χ4v) is 3.84. The Hall–Kier alpha value is -1.70. The van der Waals surface area contributed by atoms with E-state index in [4.69, 9.17) is 9.47 Å². The average molecular weight is 373 g/mol.